The lowest BCUT2D eigenvalue weighted by molar-refractivity contribution is -0.118. The van der Waals surface area contributed by atoms with Crippen molar-refractivity contribution >= 4 is 5.91 Å². The number of ether oxygens (including phenoxy) is 1. The van der Waals surface area contributed by atoms with Gasteiger partial charge in [0.05, 0.1) is 0 Å². The summed E-state index contributed by atoms with van der Waals surface area (Å²) in [5.74, 6) is 0.536. The molecule has 0 radical (unpaired) electrons. The number of methoxy groups -OCH3 is 1. The van der Waals surface area contributed by atoms with E-state index in [4.69, 9.17) is 4.74 Å². The Morgan fingerprint density at radius 2 is 2.15 bits per heavy atom. The SMILES string of the molecule is COCC(C)CNCCNC(C)=O. The molecule has 0 aliphatic heterocycles. The summed E-state index contributed by atoms with van der Waals surface area (Å²) in [4.78, 5) is 10.5. The van der Waals surface area contributed by atoms with Crippen LogP contribution in [0.3, 0.4) is 0 Å². The molecule has 0 aromatic carbocycles. The highest BCUT2D eigenvalue weighted by Gasteiger charge is 1.99. The van der Waals surface area contributed by atoms with Gasteiger partial charge in [0, 0.05) is 33.7 Å². The first-order chi connectivity index (χ1) is 6.16. The third-order valence-corrected chi connectivity index (χ3v) is 1.62. The molecule has 0 fully saturated rings. The normalized spacial score (nSPS) is 12.5. The third-order valence-electron chi connectivity index (χ3n) is 1.62. The zero-order chi connectivity index (χ0) is 10.1. The zero-order valence-corrected chi connectivity index (χ0v) is 8.72. The van der Waals surface area contributed by atoms with E-state index in [9.17, 15) is 4.79 Å². The van der Waals surface area contributed by atoms with Gasteiger partial charge in [0.1, 0.15) is 0 Å². The third kappa shape index (κ3) is 9.30. The van der Waals surface area contributed by atoms with E-state index in [0.29, 0.717) is 12.5 Å². The highest BCUT2D eigenvalue weighted by Crippen LogP contribution is 1.90. The Balaban J connectivity index is 3.11. The summed E-state index contributed by atoms with van der Waals surface area (Å²) in [5.41, 5.74) is 0. The van der Waals surface area contributed by atoms with E-state index in [-0.39, 0.29) is 5.91 Å². The van der Waals surface area contributed by atoms with Crippen molar-refractivity contribution in [2.24, 2.45) is 5.92 Å². The minimum absolute atomic E-state index is 0.0201. The average Bonchev–Trinajstić information content (AvgIpc) is 2.03. The summed E-state index contributed by atoms with van der Waals surface area (Å²) in [6.45, 7) is 6.84. The van der Waals surface area contributed by atoms with Gasteiger partial charge in [-0.1, -0.05) is 6.92 Å². The van der Waals surface area contributed by atoms with E-state index in [1.165, 1.54) is 6.92 Å². The number of hydrogen-bond donors (Lipinski definition) is 2. The zero-order valence-electron chi connectivity index (χ0n) is 8.72. The largest absolute Gasteiger partial charge is 0.384 e. The second kappa shape index (κ2) is 8.01. The van der Waals surface area contributed by atoms with Crippen LogP contribution in [0.4, 0.5) is 0 Å². The molecule has 1 atom stereocenters. The molecule has 2 N–H and O–H groups in total. The van der Waals surface area contributed by atoms with E-state index in [2.05, 4.69) is 17.6 Å². The summed E-state index contributed by atoms with van der Waals surface area (Å²) in [6.07, 6.45) is 0. The standard InChI is InChI=1S/C9H20N2O2/c1-8(7-13-3)6-10-4-5-11-9(2)12/h8,10H,4-7H2,1-3H3,(H,11,12). The van der Waals surface area contributed by atoms with E-state index in [1.54, 1.807) is 7.11 Å². The quantitative estimate of drug-likeness (QED) is 0.553. The highest BCUT2D eigenvalue weighted by molar-refractivity contribution is 5.72. The van der Waals surface area contributed by atoms with Crippen molar-refractivity contribution in [1.82, 2.24) is 10.6 Å². The molecule has 0 aromatic rings. The molecule has 0 saturated carbocycles. The van der Waals surface area contributed by atoms with Gasteiger partial charge in [-0.15, -0.1) is 0 Å². The first-order valence-electron chi connectivity index (χ1n) is 4.61. The van der Waals surface area contributed by atoms with E-state index >= 15 is 0 Å². The lowest BCUT2D eigenvalue weighted by Gasteiger charge is -2.11. The van der Waals surface area contributed by atoms with Crippen molar-refractivity contribution in [2.45, 2.75) is 13.8 Å². The van der Waals surface area contributed by atoms with Crippen molar-refractivity contribution in [3.05, 3.63) is 0 Å². The van der Waals surface area contributed by atoms with Gasteiger partial charge in [0.15, 0.2) is 0 Å². The molecule has 4 heteroatoms. The molecule has 1 unspecified atom stereocenters. The maximum absolute atomic E-state index is 10.5. The number of nitrogens with one attached hydrogen (secondary N) is 2. The Kier molecular flexibility index (Phi) is 7.63. The van der Waals surface area contributed by atoms with Crippen LogP contribution in [0.25, 0.3) is 0 Å². The molecular weight excluding hydrogens is 168 g/mol. The van der Waals surface area contributed by atoms with Gasteiger partial charge in [-0.05, 0) is 12.5 Å². The van der Waals surface area contributed by atoms with Crippen LogP contribution >= 0.6 is 0 Å². The van der Waals surface area contributed by atoms with Gasteiger partial charge in [-0.25, -0.2) is 0 Å². The molecule has 78 valence electrons. The fraction of sp³-hybridized carbons (Fsp3) is 0.889. The molecular formula is C9H20N2O2. The number of carbonyl (C=O) groups is 1. The van der Waals surface area contributed by atoms with E-state index in [0.717, 1.165) is 19.7 Å². The van der Waals surface area contributed by atoms with E-state index < -0.39 is 0 Å². The maximum Gasteiger partial charge on any atom is 0.216 e. The Bertz CT molecular complexity index is 140. The van der Waals surface area contributed by atoms with Crippen LogP contribution in [0, 0.1) is 5.92 Å². The fourth-order valence-electron chi connectivity index (χ4n) is 1.02. The predicted octanol–water partition coefficient (Wildman–Crippen LogP) is -0.00540. The molecule has 0 aliphatic carbocycles. The second-order valence-corrected chi connectivity index (χ2v) is 3.25. The van der Waals surface area contributed by atoms with Crippen molar-refractivity contribution in [2.75, 3.05) is 33.4 Å². The number of carbonyl (C=O) groups excluding carboxylic acids is 1. The topological polar surface area (TPSA) is 50.4 Å². The second-order valence-electron chi connectivity index (χ2n) is 3.25. The number of rotatable bonds is 7. The van der Waals surface area contributed by atoms with Gasteiger partial charge >= 0.3 is 0 Å². The summed E-state index contributed by atoms with van der Waals surface area (Å²) >= 11 is 0. The molecule has 0 bridgehead atoms. The van der Waals surface area contributed by atoms with E-state index in [1.807, 2.05) is 0 Å². The minimum atomic E-state index is 0.0201. The smallest absolute Gasteiger partial charge is 0.216 e. The lowest BCUT2D eigenvalue weighted by Crippen LogP contribution is -2.33. The molecule has 4 nitrogen and oxygen atoms in total. The highest BCUT2D eigenvalue weighted by atomic mass is 16.5. The lowest BCUT2D eigenvalue weighted by atomic mass is 10.2. The fourth-order valence-corrected chi connectivity index (χ4v) is 1.02. The summed E-state index contributed by atoms with van der Waals surface area (Å²) < 4.78 is 4.99. The molecule has 1 amide bonds. The Morgan fingerprint density at radius 1 is 1.46 bits per heavy atom. The van der Waals surface area contributed by atoms with Gasteiger partial charge in [0.25, 0.3) is 0 Å². The Morgan fingerprint density at radius 3 is 2.69 bits per heavy atom. The van der Waals surface area contributed by atoms with Crippen molar-refractivity contribution in [1.29, 1.82) is 0 Å². The van der Waals surface area contributed by atoms with Gasteiger partial charge in [-0.3, -0.25) is 4.79 Å². The van der Waals surface area contributed by atoms with Gasteiger partial charge in [-0.2, -0.15) is 0 Å². The average molecular weight is 188 g/mol. The van der Waals surface area contributed by atoms with Crippen molar-refractivity contribution < 1.29 is 9.53 Å². The van der Waals surface area contributed by atoms with Crippen LogP contribution in [0.5, 0.6) is 0 Å². The van der Waals surface area contributed by atoms with Crippen molar-refractivity contribution in [3.63, 3.8) is 0 Å². The van der Waals surface area contributed by atoms with Crippen LogP contribution in [0.15, 0.2) is 0 Å². The molecule has 0 aromatic heterocycles. The summed E-state index contributed by atoms with van der Waals surface area (Å²) in [7, 11) is 1.70. The molecule has 0 aliphatic rings. The van der Waals surface area contributed by atoms with Gasteiger partial charge < -0.3 is 15.4 Å². The summed E-state index contributed by atoms with van der Waals surface area (Å²) in [6, 6.07) is 0. The minimum Gasteiger partial charge on any atom is -0.384 e. The first-order valence-corrected chi connectivity index (χ1v) is 4.61. The molecule has 0 saturated heterocycles. The first kappa shape index (κ1) is 12.4. The Hall–Kier alpha value is -0.610. The molecule has 13 heavy (non-hydrogen) atoms. The molecule has 0 rings (SSSR count). The monoisotopic (exact) mass is 188 g/mol. The van der Waals surface area contributed by atoms with Crippen molar-refractivity contribution in [3.8, 4) is 0 Å². The van der Waals surface area contributed by atoms with Crippen LogP contribution in [0.2, 0.25) is 0 Å². The Labute approximate surface area is 80.0 Å². The number of amides is 1. The summed E-state index contributed by atoms with van der Waals surface area (Å²) in [5, 5.41) is 5.95. The molecule has 0 spiro atoms. The molecule has 0 heterocycles. The van der Waals surface area contributed by atoms with Gasteiger partial charge in [0.2, 0.25) is 5.91 Å². The number of hydrogen-bond acceptors (Lipinski definition) is 3. The predicted molar refractivity (Wildman–Crippen MR) is 52.6 cm³/mol. The van der Waals surface area contributed by atoms with Crippen LogP contribution in [-0.2, 0) is 9.53 Å². The van der Waals surface area contributed by atoms with Crippen LogP contribution < -0.4 is 10.6 Å². The maximum atomic E-state index is 10.5. The van der Waals surface area contributed by atoms with Crippen LogP contribution in [0.1, 0.15) is 13.8 Å². The van der Waals surface area contributed by atoms with Crippen LogP contribution in [-0.4, -0.2) is 39.3 Å².